The predicted octanol–water partition coefficient (Wildman–Crippen LogP) is -0.545. The van der Waals surface area contributed by atoms with Crippen LogP contribution in [0.15, 0.2) is 30.6 Å². The van der Waals surface area contributed by atoms with Crippen LogP contribution in [0.4, 0.5) is 0 Å². The van der Waals surface area contributed by atoms with Gasteiger partial charge >= 0.3 is 0 Å². The van der Waals surface area contributed by atoms with Crippen LogP contribution in [-0.2, 0) is 11.3 Å². The van der Waals surface area contributed by atoms with Crippen molar-refractivity contribution in [1.82, 2.24) is 5.32 Å². The fraction of sp³-hybridized carbons (Fsp3) is 0.600. The summed E-state index contributed by atoms with van der Waals surface area (Å²) in [5, 5.41) is 2.96. The molecule has 0 aliphatic carbocycles. The van der Waals surface area contributed by atoms with Crippen molar-refractivity contribution < 1.29 is 21.8 Å². The number of hydrogen-bond acceptors (Lipinski definition) is 1. The van der Waals surface area contributed by atoms with Crippen molar-refractivity contribution in [1.29, 1.82) is 0 Å². The largest absolute Gasteiger partial charge is 1.00 e. The van der Waals surface area contributed by atoms with Gasteiger partial charge in [0.15, 0.2) is 12.4 Å². The van der Waals surface area contributed by atoms with E-state index in [4.69, 9.17) is 0 Å². The average Bonchev–Trinajstić information content (AvgIpc) is 2.39. The molecule has 108 valence electrons. The first kappa shape index (κ1) is 17.9. The van der Waals surface area contributed by atoms with Crippen LogP contribution < -0.4 is 22.3 Å². The minimum atomic E-state index is 0. The summed E-state index contributed by atoms with van der Waals surface area (Å²) >= 11 is 0. The number of rotatable bonds is 9. The number of halogens is 1. The van der Waals surface area contributed by atoms with E-state index in [0.29, 0.717) is 6.54 Å². The maximum absolute atomic E-state index is 11.6. The Hall–Kier alpha value is -1.09. The Bertz CT molecular complexity index is 330. The second-order valence-corrected chi connectivity index (χ2v) is 4.67. The van der Waals surface area contributed by atoms with Gasteiger partial charge in [0.25, 0.3) is 5.91 Å². The molecule has 0 saturated carbocycles. The molecule has 0 aromatic carbocycles. The maximum atomic E-state index is 11.6. The lowest BCUT2D eigenvalue weighted by molar-refractivity contribution is -0.684. The molecule has 0 aliphatic rings. The summed E-state index contributed by atoms with van der Waals surface area (Å²) in [6.45, 7) is 3.44. The summed E-state index contributed by atoms with van der Waals surface area (Å²) in [4.78, 5) is 11.6. The molecule has 0 spiro atoms. The monoisotopic (exact) mass is 284 g/mol. The van der Waals surface area contributed by atoms with Crippen LogP contribution in [0, 0.1) is 0 Å². The number of hydrogen-bond donors (Lipinski definition) is 1. The summed E-state index contributed by atoms with van der Waals surface area (Å²) in [5.74, 6) is 0.0970. The van der Waals surface area contributed by atoms with Gasteiger partial charge in [0.05, 0.1) is 0 Å². The van der Waals surface area contributed by atoms with E-state index in [1.54, 1.807) is 0 Å². The van der Waals surface area contributed by atoms with E-state index >= 15 is 0 Å². The summed E-state index contributed by atoms with van der Waals surface area (Å²) in [5.41, 5.74) is 0. The lowest BCUT2D eigenvalue weighted by atomic mass is 10.1. The first-order valence-electron chi connectivity index (χ1n) is 7.03. The van der Waals surface area contributed by atoms with Crippen LogP contribution in [-0.4, -0.2) is 12.5 Å². The van der Waals surface area contributed by atoms with Gasteiger partial charge in [-0.2, -0.15) is 4.57 Å². The lowest BCUT2D eigenvalue weighted by Crippen LogP contribution is -3.00. The Morgan fingerprint density at radius 1 is 1.00 bits per heavy atom. The molecule has 0 radical (unpaired) electrons. The molecule has 1 aromatic heterocycles. The number of carbonyl (C=O) groups excluding carboxylic acids is 1. The Kier molecular flexibility index (Phi) is 11.3. The van der Waals surface area contributed by atoms with E-state index in [-0.39, 0.29) is 18.3 Å². The molecule has 1 rings (SSSR count). The summed E-state index contributed by atoms with van der Waals surface area (Å²) in [6.07, 6.45) is 11.4. The molecular weight excluding hydrogens is 260 g/mol. The van der Waals surface area contributed by atoms with Crippen molar-refractivity contribution >= 4 is 5.91 Å². The van der Waals surface area contributed by atoms with Crippen molar-refractivity contribution in [3.05, 3.63) is 30.6 Å². The molecule has 19 heavy (non-hydrogen) atoms. The number of unbranched alkanes of at least 4 members (excludes halogenated alkanes) is 5. The fourth-order valence-electron chi connectivity index (χ4n) is 1.89. The van der Waals surface area contributed by atoms with E-state index in [1.807, 2.05) is 35.2 Å². The second kappa shape index (κ2) is 12.0. The van der Waals surface area contributed by atoms with Gasteiger partial charge in [-0.05, 0) is 6.42 Å². The van der Waals surface area contributed by atoms with Crippen LogP contribution in [0.3, 0.4) is 0 Å². The standard InChI is InChI=1S/C15H24N2O.ClH/c1-2-3-4-5-6-8-11-16-15(18)14-17-12-9-7-10-13-17;/h7,9-10,12-13H,2-6,8,11,14H2,1H3;1H. The quantitative estimate of drug-likeness (QED) is 0.479. The maximum Gasteiger partial charge on any atom is 0.285 e. The van der Waals surface area contributed by atoms with Gasteiger partial charge in [-0.25, -0.2) is 0 Å². The molecule has 1 N–H and O–H groups in total. The highest BCUT2D eigenvalue weighted by Gasteiger charge is 2.06. The zero-order valence-electron chi connectivity index (χ0n) is 11.8. The summed E-state index contributed by atoms with van der Waals surface area (Å²) in [6, 6.07) is 5.81. The predicted molar refractivity (Wildman–Crippen MR) is 73.0 cm³/mol. The topological polar surface area (TPSA) is 33.0 Å². The smallest absolute Gasteiger partial charge is 0.285 e. The van der Waals surface area contributed by atoms with Crippen molar-refractivity contribution in [3.63, 3.8) is 0 Å². The van der Waals surface area contributed by atoms with Gasteiger partial charge in [-0.3, -0.25) is 4.79 Å². The Morgan fingerprint density at radius 2 is 1.63 bits per heavy atom. The number of carbonyl (C=O) groups is 1. The zero-order valence-corrected chi connectivity index (χ0v) is 12.5. The molecule has 0 saturated heterocycles. The number of amides is 1. The van der Waals surface area contributed by atoms with Crippen molar-refractivity contribution in [3.8, 4) is 0 Å². The molecule has 1 amide bonds. The van der Waals surface area contributed by atoms with Crippen molar-refractivity contribution in [2.45, 2.75) is 52.0 Å². The molecule has 0 atom stereocenters. The van der Waals surface area contributed by atoms with E-state index < -0.39 is 0 Å². The molecule has 4 heteroatoms. The molecule has 0 unspecified atom stereocenters. The van der Waals surface area contributed by atoms with Gasteiger partial charge < -0.3 is 17.7 Å². The number of aromatic nitrogens is 1. The molecule has 0 aliphatic heterocycles. The third kappa shape index (κ3) is 9.48. The van der Waals surface area contributed by atoms with E-state index in [9.17, 15) is 4.79 Å². The SMILES string of the molecule is CCCCCCCCNC(=O)C[n+]1ccccc1.[Cl-]. The lowest BCUT2D eigenvalue weighted by Gasteiger charge is -2.03. The normalized spacial score (nSPS) is 9.74. The molecule has 1 aromatic rings. The van der Waals surface area contributed by atoms with Crippen LogP contribution in [0.5, 0.6) is 0 Å². The molecule has 3 nitrogen and oxygen atoms in total. The van der Waals surface area contributed by atoms with Crippen LogP contribution in [0.1, 0.15) is 45.4 Å². The Balaban J connectivity index is 0.00000324. The first-order valence-corrected chi connectivity index (χ1v) is 7.03. The van der Waals surface area contributed by atoms with Gasteiger partial charge in [-0.1, -0.05) is 45.1 Å². The second-order valence-electron chi connectivity index (χ2n) is 4.67. The summed E-state index contributed by atoms with van der Waals surface area (Å²) < 4.78 is 1.89. The fourth-order valence-corrected chi connectivity index (χ4v) is 1.89. The molecule has 0 fully saturated rings. The van der Waals surface area contributed by atoms with E-state index in [0.717, 1.165) is 13.0 Å². The highest BCUT2D eigenvalue weighted by molar-refractivity contribution is 5.74. The molecule has 1 heterocycles. The molecular formula is C15H25ClN2O. The minimum absolute atomic E-state index is 0. The highest BCUT2D eigenvalue weighted by Crippen LogP contribution is 2.03. The number of pyridine rings is 1. The first-order chi connectivity index (χ1) is 8.83. The van der Waals surface area contributed by atoms with Crippen molar-refractivity contribution in [2.24, 2.45) is 0 Å². The Morgan fingerprint density at radius 3 is 2.32 bits per heavy atom. The third-order valence-electron chi connectivity index (χ3n) is 2.96. The van der Waals surface area contributed by atoms with E-state index in [2.05, 4.69) is 12.2 Å². The summed E-state index contributed by atoms with van der Waals surface area (Å²) in [7, 11) is 0. The molecule has 0 bridgehead atoms. The van der Waals surface area contributed by atoms with Gasteiger partial charge in [0.2, 0.25) is 6.54 Å². The third-order valence-corrected chi connectivity index (χ3v) is 2.96. The highest BCUT2D eigenvalue weighted by atomic mass is 35.5. The van der Waals surface area contributed by atoms with E-state index in [1.165, 1.54) is 32.1 Å². The van der Waals surface area contributed by atoms with Gasteiger partial charge in [-0.15, -0.1) is 0 Å². The average molecular weight is 285 g/mol. The Labute approximate surface area is 122 Å². The van der Waals surface area contributed by atoms with Crippen LogP contribution >= 0.6 is 0 Å². The number of nitrogens with zero attached hydrogens (tertiary/aromatic N) is 1. The number of nitrogens with one attached hydrogen (secondary N) is 1. The van der Waals surface area contributed by atoms with Crippen molar-refractivity contribution in [2.75, 3.05) is 6.54 Å². The van der Waals surface area contributed by atoms with Gasteiger partial charge in [0, 0.05) is 18.7 Å². The zero-order chi connectivity index (χ0) is 13.1. The van der Waals surface area contributed by atoms with Gasteiger partial charge in [0.1, 0.15) is 0 Å². The van der Waals surface area contributed by atoms with Crippen LogP contribution in [0.25, 0.3) is 0 Å². The minimum Gasteiger partial charge on any atom is -1.00 e. The van der Waals surface area contributed by atoms with Crippen LogP contribution in [0.2, 0.25) is 0 Å².